The highest BCUT2D eigenvalue weighted by Crippen LogP contribution is 2.40. The van der Waals surface area contributed by atoms with E-state index in [2.05, 4.69) is 31.9 Å². The largest absolute Gasteiger partial charge is 0.490 e. The lowest BCUT2D eigenvalue weighted by atomic mass is 10.1. The van der Waals surface area contributed by atoms with Gasteiger partial charge in [-0.25, -0.2) is 4.79 Å². The van der Waals surface area contributed by atoms with Crippen LogP contribution in [0.4, 0.5) is 4.79 Å². The van der Waals surface area contributed by atoms with Gasteiger partial charge in [-0.1, -0.05) is 28.1 Å². The number of rotatable bonds is 9. The van der Waals surface area contributed by atoms with Gasteiger partial charge in [0.1, 0.15) is 12.6 Å². The van der Waals surface area contributed by atoms with Crippen molar-refractivity contribution in [2.75, 3.05) is 13.2 Å². The topological polar surface area (TPSA) is 82.1 Å². The van der Waals surface area contributed by atoms with Crippen LogP contribution in [0.1, 0.15) is 31.9 Å². The molecule has 0 spiro atoms. The first-order valence-corrected chi connectivity index (χ1v) is 12.9. The Morgan fingerprint density at radius 1 is 1.09 bits per heavy atom. The summed E-state index contributed by atoms with van der Waals surface area (Å²) in [6, 6.07) is 10.3. The molecule has 0 N–H and O–H groups in total. The minimum atomic E-state index is -1.00. The van der Waals surface area contributed by atoms with Crippen molar-refractivity contribution in [1.29, 1.82) is 0 Å². The summed E-state index contributed by atoms with van der Waals surface area (Å²) in [4.78, 5) is 38.4. The van der Waals surface area contributed by atoms with Gasteiger partial charge in [-0.15, -0.1) is 0 Å². The first-order chi connectivity index (χ1) is 16.2. The lowest BCUT2D eigenvalue weighted by Gasteiger charge is -2.19. The summed E-state index contributed by atoms with van der Waals surface area (Å²) in [7, 11) is 0. The van der Waals surface area contributed by atoms with Crippen LogP contribution < -0.4 is 9.47 Å². The molecule has 7 nitrogen and oxygen atoms in total. The smallest absolute Gasteiger partial charge is 0.329 e. The van der Waals surface area contributed by atoms with Crippen molar-refractivity contribution >= 4 is 66.8 Å². The second-order valence-corrected chi connectivity index (χ2v) is 9.92. The van der Waals surface area contributed by atoms with Gasteiger partial charge < -0.3 is 14.2 Å². The molecule has 2 aromatic carbocycles. The van der Waals surface area contributed by atoms with Gasteiger partial charge in [-0.2, -0.15) is 0 Å². The lowest BCUT2D eigenvalue weighted by Crippen LogP contribution is -2.42. The molecule has 2 aromatic rings. The second-order valence-electron chi connectivity index (χ2n) is 7.16. The number of ether oxygens (including phenoxy) is 3. The summed E-state index contributed by atoms with van der Waals surface area (Å²) < 4.78 is 18.4. The van der Waals surface area contributed by atoms with E-state index in [4.69, 9.17) is 14.2 Å². The molecule has 1 aliphatic rings. The van der Waals surface area contributed by atoms with E-state index in [1.807, 2.05) is 31.2 Å². The third-order valence-corrected chi connectivity index (χ3v) is 6.77. The molecule has 1 atom stereocenters. The summed E-state index contributed by atoms with van der Waals surface area (Å²) >= 11 is 7.72. The number of carbonyl (C=O) groups excluding carboxylic acids is 3. The van der Waals surface area contributed by atoms with Gasteiger partial charge in [0.15, 0.2) is 11.5 Å². The van der Waals surface area contributed by atoms with Crippen LogP contribution in [0, 0.1) is 0 Å². The Bertz CT molecular complexity index is 1120. The van der Waals surface area contributed by atoms with Crippen LogP contribution in [-0.2, 0) is 20.9 Å². The van der Waals surface area contributed by atoms with Gasteiger partial charge in [0.25, 0.3) is 11.1 Å². The van der Waals surface area contributed by atoms with Crippen molar-refractivity contribution < 1.29 is 28.6 Å². The molecular formula is C24H23Br2NO6S. The van der Waals surface area contributed by atoms with Gasteiger partial charge in [0.05, 0.1) is 22.6 Å². The van der Waals surface area contributed by atoms with Gasteiger partial charge in [-0.05, 0) is 89.9 Å². The van der Waals surface area contributed by atoms with Crippen LogP contribution in [0.25, 0.3) is 6.08 Å². The molecule has 0 saturated carbocycles. The zero-order chi connectivity index (χ0) is 24.8. The van der Waals surface area contributed by atoms with Gasteiger partial charge >= 0.3 is 5.97 Å². The lowest BCUT2D eigenvalue weighted by molar-refractivity contribution is -0.150. The number of carbonyl (C=O) groups is 3. The van der Waals surface area contributed by atoms with E-state index >= 15 is 0 Å². The molecule has 1 saturated heterocycles. The highest BCUT2D eigenvalue weighted by Gasteiger charge is 2.41. The highest BCUT2D eigenvalue weighted by atomic mass is 79.9. The Balaban J connectivity index is 1.84. The van der Waals surface area contributed by atoms with E-state index in [0.717, 1.165) is 26.7 Å². The maximum Gasteiger partial charge on any atom is 0.329 e. The molecule has 1 fully saturated rings. The number of benzene rings is 2. The number of amides is 2. The zero-order valence-electron chi connectivity index (χ0n) is 18.8. The molecule has 0 aromatic heterocycles. The predicted molar refractivity (Wildman–Crippen MR) is 138 cm³/mol. The number of thioether (sulfide) groups is 1. The maximum atomic E-state index is 12.9. The molecule has 0 aliphatic carbocycles. The molecule has 34 heavy (non-hydrogen) atoms. The molecule has 10 heteroatoms. The molecule has 2 amide bonds. The number of halogens is 2. The van der Waals surface area contributed by atoms with Crippen LogP contribution in [0.5, 0.6) is 11.5 Å². The Morgan fingerprint density at radius 2 is 1.79 bits per heavy atom. The fourth-order valence-electron chi connectivity index (χ4n) is 3.14. The van der Waals surface area contributed by atoms with Crippen LogP contribution in [-0.4, -0.2) is 41.3 Å². The first-order valence-electron chi connectivity index (χ1n) is 10.5. The quantitative estimate of drug-likeness (QED) is 0.247. The van der Waals surface area contributed by atoms with E-state index < -0.39 is 23.2 Å². The average Bonchev–Trinajstić information content (AvgIpc) is 3.07. The predicted octanol–water partition coefficient (Wildman–Crippen LogP) is 6.18. The Morgan fingerprint density at radius 3 is 2.44 bits per heavy atom. The molecule has 0 bridgehead atoms. The number of nitrogens with zero attached hydrogens (tertiary/aromatic N) is 1. The number of hydrogen-bond donors (Lipinski definition) is 0. The van der Waals surface area contributed by atoms with Crippen LogP contribution in [0.15, 0.2) is 50.2 Å². The Hall–Kier alpha value is -2.30. The summed E-state index contributed by atoms with van der Waals surface area (Å²) in [5.74, 6) is -0.134. The normalized spacial score (nSPS) is 15.6. The molecule has 180 valence electrons. The zero-order valence-corrected chi connectivity index (χ0v) is 22.8. The van der Waals surface area contributed by atoms with Crippen molar-refractivity contribution in [1.82, 2.24) is 4.90 Å². The van der Waals surface area contributed by atoms with Gasteiger partial charge in [0.2, 0.25) is 0 Å². The fraction of sp³-hybridized carbons (Fsp3) is 0.292. The van der Waals surface area contributed by atoms with Crippen molar-refractivity contribution in [3.05, 3.63) is 61.4 Å². The van der Waals surface area contributed by atoms with Crippen LogP contribution in [0.3, 0.4) is 0 Å². The summed E-state index contributed by atoms with van der Waals surface area (Å²) in [5.41, 5.74) is 1.63. The minimum absolute atomic E-state index is 0.166. The van der Waals surface area contributed by atoms with Crippen molar-refractivity contribution in [3.63, 3.8) is 0 Å². The number of esters is 1. The summed E-state index contributed by atoms with van der Waals surface area (Å²) in [6.07, 6.45) is 1.59. The van der Waals surface area contributed by atoms with Crippen molar-refractivity contribution in [2.45, 2.75) is 33.4 Å². The molecular weight excluding hydrogens is 590 g/mol. The number of imide groups is 1. The minimum Gasteiger partial charge on any atom is -0.490 e. The maximum absolute atomic E-state index is 12.9. The van der Waals surface area contributed by atoms with E-state index in [1.165, 1.54) is 6.92 Å². The number of hydrogen-bond acceptors (Lipinski definition) is 7. The van der Waals surface area contributed by atoms with E-state index in [0.29, 0.717) is 34.7 Å². The third-order valence-electron chi connectivity index (χ3n) is 4.76. The van der Waals surface area contributed by atoms with E-state index in [-0.39, 0.29) is 11.5 Å². The molecule has 0 unspecified atom stereocenters. The SMILES string of the molecule is CCOC(=O)[C@H](C)N1C(=O)S/C(=C/c2cc(Br)c(OCc3ccc(Br)cc3)c(OCC)c2)C1=O. The molecule has 1 heterocycles. The Kier molecular flexibility index (Phi) is 9.21. The van der Waals surface area contributed by atoms with Crippen molar-refractivity contribution in [3.8, 4) is 11.5 Å². The molecule has 0 radical (unpaired) electrons. The highest BCUT2D eigenvalue weighted by molar-refractivity contribution is 9.10. The van der Waals surface area contributed by atoms with E-state index in [1.54, 1.807) is 25.1 Å². The monoisotopic (exact) mass is 611 g/mol. The van der Waals surface area contributed by atoms with Gasteiger partial charge in [-0.3, -0.25) is 14.5 Å². The third kappa shape index (κ3) is 6.22. The van der Waals surface area contributed by atoms with Crippen LogP contribution >= 0.6 is 43.6 Å². The standard InChI is InChI=1S/C24H23Br2NO6S/c1-4-31-19-11-16(10-18(26)21(19)33-13-15-6-8-17(25)9-7-15)12-20-22(28)27(24(30)34-20)14(3)23(29)32-5-2/h6-12,14H,4-5,13H2,1-3H3/b20-12+/t14-/m0/s1. The second kappa shape index (κ2) is 11.9. The molecule has 3 rings (SSSR count). The van der Waals surface area contributed by atoms with E-state index in [9.17, 15) is 14.4 Å². The average molecular weight is 613 g/mol. The van der Waals surface area contributed by atoms with Gasteiger partial charge in [0, 0.05) is 4.47 Å². The first kappa shape index (κ1) is 26.3. The van der Waals surface area contributed by atoms with Crippen LogP contribution in [0.2, 0.25) is 0 Å². The fourth-order valence-corrected chi connectivity index (χ4v) is 4.89. The molecule has 1 aliphatic heterocycles. The van der Waals surface area contributed by atoms with Crippen molar-refractivity contribution in [2.24, 2.45) is 0 Å². The summed E-state index contributed by atoms with van der Waals surface area (Å²) in [6.45, 7) is 5.92. The Labute approximate surface area is 219 Å². The summed E-state index contributed by atoms with van der Waals surface area (Å²) in [5, 5.41) is -0.518.